The summed E-state index contributed by atoms with van der Waals surface area (Å²) in [5.41, 5.74) is 1.24. The van der Waals surface area contributed by atoms with Gasteiger partial charge in [-0.05, 0) is 24.0 Å². The second kappa shape index (κ2) is 5.09. The Kier molecular flexibility index (Phi) is 4.30. The van der Waals surface area contributed by atoms with Crippen LogP contribution < -0.4 is 5.32 Å². The van der Waals surface area contributed by atoms with Crippen molar-refractivity contribution in [3.05, 3.63) is 28.2 Å². The smallest absolute Gasteiger partial charge is 0.0823 e. The average molecular weight is 246 g/mol. The summed E-state index contributed by atoms with van der Waals surface area (Å²) in [6, 6.07) is 5.63. The van der Waals surface area contributed by atoms with Gasteiger partial charge < -0.3 is 5.32 Å². The van der Waals surface area contributed by atoms with Crippen molar-refractivity contribution in [2.24, 2.45) is 5.41 Å². The van der Waals surface area contributed by atoms with E-state index in [4.69, 9.17) is 23.2 Å². The van der Waals surface area contributed by atoms with Crippen molar-refractivity contribution in [1.29, 1.82) is 0 Å². The Morgan fingerprint density at radius 2 is 1.87 bits per heavy atom. The molecule has 1 nitrogen and oxygen atoms in total. The van der Waals surface area contributed by atoms with E-state index in [1.54, 1.807) is 6.07 Å². The van der Waals surface area contributed by atoms with Crippen molar-refractivity contribution in [3.8, 4) is 0 Å². The second-order valence-corrected chi connectivity index (χ2v) is 5.62. The average Bonchev–Trinajstić information content (AvgIpc) is 2.10. The molecule has 0 unspecified atom stereocenters. The molecule has 0 spiro atoms. The van der Waals surface area contributed by atoms with Crippen LogP contribution in [0.1, 0.15) is 27.2 Å². The number of anilines is 1. The summed E-state index contributed by atoms with van der Waals surface area (Å²) in [6.07, 6.45) is 1.09. The lowest BCUT2D eigenvalue weighted by Crippen LogP contribution is -2.12. The molecule has 0 atom stereocenters. The molecule has 15 heavy (non-hydrogen) atoms. The normalized spacial score (nSPS) is 11.5. The zero-order valence-electron chi connectivity index (χ0n) is 9.40. The topological polar surface area (TPSA) is 12.0 Å². The molecule has 0 fully saturated rings. The zero-order chi connectivity index (χ0) is 11.5. The lowest BCUT2D eigenvalue weighted by Gasteiger charge is -2.19. The summed E-state index contributed by atoms with van der Waals surface area (Å²) in [5.74, 6) is 0. The molecule has 0 aliphatic carbocycles. The Balaban J connectivity index is 2.55. The van der Waals surface area contributed by atoms with E-state index in [-0.39, 0.29) is 0 Å². The van der Waals surface area contributed by atoms with Crippen LogP contribution in [0.3, 0.4) is 0 Å². The van der Waals surface area contributed by atoms with E-state index in [0.717, 1.165) is 18.7 Å². The maximum Gasteiger partial charge on any atom is 0.0823 e. The van der Waals surface area contributed by atoms with Crippen LogP contribution in [0.4, 0.5) is 5.69 Å². The quantitative estimate of drug-likeness (QED) is 0.804. The first-order valence-electron chi connectivity index (χ1n) is 5.08. The highest BCUT2D eigenvalue weighted by molar-refractivity contribution is 6.43. The highest BCUT2D eigenvalue weighted by atomic mass is 35.5. The minimum absolute atomic E-state index is 0.331. The van der Waals surface area contributed by atoms with Gasteiger partial charge in [0.15, 0.2) is 0 Å². The molecular formula is C12H17Cl2N. The number of rotatable bonds is 3. The van der Waals surface area contributed by atoms with Gasteiger partial charge in [0.2, 0.25) is 0 Å². The number of halogens is 2. The van der Waals surface area contributed by atoms with Gasteiger partial charge in [0.25, 0.3) is 0 Å². The molecular weight excluding hydrogens is 229 g/mol. The maximum atomic E-state index is 6.05. The maximum absolute atomic E-state index is 6.05. The van der Waals surface area contributed by atoms with E-state index in [2.05, 4.69) is 26.1 Å². The third kappa shape index (κ3) is 4.31. The fourth-order valence-corrected chi connectivity index (χ4v) is 1.58. The fourth-order valence-electron chi connectivity index (χ4n) is 1.21. The summed E-state index contributed by atoms with van der Waals surface area (Å²) in [6.45, 7) is 7.56. The number of hydrogen-bond acceptors (Lipinski definition) is 1. The number of benzene rings is 1. The van der Waals surface area contributed by atoms with Crippen molar-refractivity contribution < 1.29 is 0 Å². The Bertz CT molecular complexity index is 329. The third-order valence-corrected chi connectivity index (χ3v) is 2.96. The van der Waals surface area contributed by atoms with Crippen LogP contribution >= 0.6 is 23.2 Å². The van der Waals surface area contributed by atoms with E-state index in [9.17, 15) is 0 Å². The Hall–Kier alpha value is -0.400. The molecule has 1 rings (SSSR count). The van der Waals surface area contributed by atoms with E-state index in [1.165, 1.54) is 0 Å². The first-order valence-corrected chi connectivity index (χ1v) is 5.84. The minimum atomic E-state index is 0.331. The molecule has 0 amide bonds. The van der Waals surface area contributed by atoms with Crippen LogP contribution in [0.25, 0.3) is 0 Å². The van der Waals surface area contributed by atoms with Gasteiger partial charge in [-0.15, -0.1) is 0 Å². The largest absolute Gasteiger partial charge is 0.384 e. The molecule has 1 aromatic carbocycles. The zero-order valence-corrected chi connectivity index (χ0v) is 10.9. The molecule has 0 aliphatic heterocycles. The van der Waals surface area contributed by atoms with Crippen LogP contribution in [0.5, 0.6) is 0 Å². The first kappa shape index (κ1) is 12.7. The highest BCUT2D eigenvalue weighted by Crippen LogP contribution is 2.29. The molecule has 0 radical (unpaired) electrons. The van der Waals surface area contributed by atoms with Crippen molar-refractivity contribution in [2.45, 2.75) is 27.2 Å². The van der Waals surface area contributed by atoms with Gasteiger partial charge in [0.05, 0.1) is 15.7 Å². The van der Waals surface area contributed by atoms with Gasteiger partial charge in [-0.1, -0.05) is 50.0 Å². The van der Waals surface area contributed by atoms with Gasteiger partial charge >= 0.3 is 0 Å². The summed E-state index contributed by atoms with van der Waals surface area (Å²) in [7, 11) is 0. The van der Waals surface area contributed by atoms with Gasteiger partial charge in [-0.3, -0.25) is 0 Å². The van der Waals surface area contributed by atoms with Crippen LogP contribution in [-0.4, -0.2) is 6.54 Å². The van der Waals surface area contributed by atoms with Gasteiger partial charge in [0, 0.05) is 6.54 Å². The molecule has 0 saturated carbocycles. The van der Waals surface area contributed by atoms with E-state index in [0.29, 0.717) is 15.5 Å². The molecule has 84 valence electrons. The SMILES string of the molecule is CC(C)(C)CCNc1cccc(Cl)c1Cl. The van der Waals surface area contributed by atoms with E-state index >= 15 is 0 Å². The summed E-state index contributed by atoms with van der Waals surface area (Å²) >= 11 is 12.0. The van der Waals surface area contributed by atoms with E-state index < -0.39 is 0 Å². The van der Waals surface area contributed by atoms with Crippen LogP contribution in [0, 0.1) is 5.41 Å². The van der Waals surface area contributed by atoms with Gasteiger partial charge in [-0.25, -0.2) is 0 Å². The monoisotopic (exact) mass is 245 g/mol. The molecule has 0 aromatic heterocycles. The van der Waals surface area contributed by atoms with Crippen molar-refractivity contribution in [2.75, 3.05) is 11.9 Å². The summed E-state index contributed by atoms with van der Waals surface area (Å²) < 4.78 is 0. The second-order valence-electron chi connectivity index (χ2n) is 4.84. The molecule has 0 saturated heterocycles. The van der Waals surface area contributed by atoms with Crippen LogP contribution in [-0.2, 0) is 0 Å². The Morgan fingerprint density at radius 1 is 1.20 bits per heavy atom. The van der Waals surface area contributed by atoms with Gasteiger partial charge in [0.1, 0.15) is 0 Å². The highest BCUT2D eigenvalue weighted by Gasteiger charge is 2.10. The van der Waals surface area contributed by atoms with Crippen LogP contribution in [0.2, 0.25) is 10.0 Å². The predicted molar refractivity (Wildman–Crippen MR) is 69.0 cm³/mol. The number of nitrogens with one attached hydrogen (secondary N) is 1. The predicted octanol–water partition coefficient (Wildman–Crippen LogP) is 4.84. The van der Waals surface area contributed by atoms with E-state index in [1.807, 2.05) is 12.1 Å². The Morgan fingerprint density at radius 3 is 2.47 bits per heavy atom. The van der Waals surface area contributed by atoms with Crippen molar-refractivity contribution >= 4 is 28.9 Å². The molecule has 1 N–H and O–H groups in total. The molecule has 0 bridgehead atoms. The molecule has 0 heterocycles. The van der Waals surface area contributed by atoms with Crippen molar-refractivity contribution in [1.82, 2.24) is 0 Å². The lowest BCUT2D eigenvalue weighted by atomic mass is 9.92. The minimum Gasteiger partial charge on any atom is -0.384 e. The number of hydrogen-bond donors (Lipinski definition) is 1. The van der Waals surface area contributed by atoms with Gasteiger partial charge in [-0.2, -0.15) is 0 Å². The third-order valence-electron chi connectivity index (χ3n) is 2.14. The van der Waals surface area contributed by atoms with Crippen LogP contribution in [0.15, 0.2) is 18.2 Å². The summed E-state index contributed by atoms with van der Waals surface area (Å²) in [4.78, 5) is 0. The standard InChI is InChI=1S/C12H17Cl2N/c1-12(2,3)7-8-15-10-6-4-5-9(13)11(10)14/h4-6,15H,7-8H2,1-3H3. The molecule has 3 heteroatoms. The summed E-state index contributed by atoms with van der Waals surface area (Å²) in [5, 5.41) is 4.49. The Labute approximate surface area is 102 Å². The van der Waals surface area contributed by atoms with Crippen molar-refractivity contribution in [3.63, 3.8) is 0 Å². The molecule has 0 aliphatic rings. The lowest BCUT2D eigenvalue weighted by molar-refractivity contribution is 0.390. The fraction of sp³-hybridized carbons (Fsp3) is 0.500. The first-order chi connectivity index (χ1) is 6.90. The molecule has 1 aromatic rings.